The van der Waals surface area contributed by atoms with Crippen LogP contribution in [-0.2, 0) is 0 Å². The summed E-state index contributed by atoms with van der Waals surface area (Å²) in [5.41, 5.74) is 1.93. The van der Waals surface area contributed by atoms with Crippen LogP contribution in [-0.4, -0.2) is 18.1 Å². The van der Waals surface area contributed by atoms with Crippen molar-refractivity contribution in [3.63, 3.8) is 0 Å². The third-order valence-electron chi connectivity index (χ3n) is 3.26. The molecule has 0 aromatic heterocycles. The first-order valence-corrected chi connectivity index (χ1v) is 7.75. The van der Waals surface area contributed by atoms with Crippen LogP contribution < -0.4 is 9.47 Å². The van der Waals surface area contributed by atoms with E-state index in [4.69, 9.17) is 15.9 Å². The molecule has 0 saturated heterocycles. The van der Waals surface area contributed by atoms with E-state index in [-0.39, 0.29) is 5.69 Å². The van der Waals surface area contributed by atoms with Gasteiger partial charge in [-0.25, -0.2) is 0 Å². The summed E-state index contributed by atoms with van der Waals surface area (Å²) in [6.45, 7) is 4.71. The Morgan fingerprint density at radius 2 is 1.56 bits per heavy atom. The molecule has 0 saturated carbocycles. The van der Waals surface area contributed by atoms with Crippen molar-refractivity contribution in [3.8, 4) is 35.7 Å². The Hall–Kier alpha value is -3.44. The molecule has 2 aromatic rings. The molecule has 0 bridgehead atoms. The maximum Gasteiger partial charge on any atom is 0.269 e. The van der Waals surface area contributed by atoms with Crippen LogP contribution in [0.2, 0.25) is 0 Å². The van der Waals surface area contributed by atoms with Crippen molar-refractivity contribution < 1.29 is 14.4 Å². The summed E-state index contributed by atoms with van der Waals surface area (Å²) in [6.07, 6.45) is 5.52. The van der Waals surface area contributed by atoms with Gasteiger partial charge in [-0.05, 0) is 26.0 Å². The largest absolute Gasteiger partial charge is 0.493 e. The summed E-state index contributed by atoms with van der Waals surface area (Å²) in [4.78, 5) is 10.2. The van der Waals surface area contributed by atoms with Crippen LogP contribution in [0.1, 0.15) is 30.5 Å². The number of terminal acetylenes is 1. The number of benzene rings is 2. The Morgan fingerprint density at radius 1 is 1.00 bits per heavy atom. The van der Waals surface area contributed by atoms with Gasteiger partial charge in [0.1, 0.15) is 11.5 Å². The lowest BCUT2D eigenvalue weighted by atomic mass is 10.1. The van der Waals surface area contributed by atoms with Crippen molar-refractivity contribution in [2.45, 2.75) is 13.8 Å². The predicted octanol–water partition coefficient (Wildman–Crippen LogP) is 3.77. The number of hydrogen-bond acceptors (Lipinski definition) is 4. The Morgan fingerprint density at radius 3 is 2.08 bits per heavy atom. The molecule has 5 nitrogen and oxygen atoms in total. The normalized spacial score (nSPS) is 9.48. The minimum absolute atomic E-state index is 0.0255. The molecule has 0 heterocycles. The third kappa shape index (κ3) is 4.53. The number of nitro groups is 1. The van der Waals surface area contributed by atoms with E-state index < -0.39 is 4.92 Å². The van der Waals surface area contributed by atoms with Crippen molar-refractivity contribution in [2.75, 3.05) is 13.2 Å². The molecule has 0 aliphatic carbocycles. The Balaban J connectivity index is 2.42. The fourth-order valence-corrected chi connectivity index (χ4v) is 2.13. The average Bonchev–Trinajstić information content (AvgIpc) is 2.62. The minimum atomic E-state index is -0.447. The van der Waals surface area contributed by atoms with E-state index in [1.165, 1.54) is 12.1 Å². The van der Waals surface area contributed by atoms with Gasteiger partial charge in [-0.2, -0.15) is 0 Å². The lowest BCUT2D eigenvalue weighted by molar-refractivity contribution is -0.384. The molecule has 5 heteroatoms. The molecule has 0 amide bonds. The van der Waals surface area contributed by atoms with Gasteiger partial charge in [0.2, 0.25) is 0 Å². The van der Waals surface area contributed by atoms with Crippen LogP contribution in [0.3, 0.4) is 0 Å². The molecule has 2 aromatic carbocycles. The maximum atomic E-state index is 10.7. The monoisotopic (exact) mass is 335 g/mol. The smallest absolute Gasteiger partial charge is 0.269 e. The van der Waals surface area contributed by atoms with Crippen LogP contribution in [0.4, 0.5) is 5.69 Å². The van der Waals surface area contributed by atoms with Gasteiger partial charge in [-0.15, -0.1) is 6.42 Å². The van der Waals surface area contributed by atoms with E-state index in [1.54, 1.807) is 24.3 Å². The molecule has 0 aliphatic rings. The van der Waals surface area contributed by atoms with Gasteiger partial charge < -0.3 is 9.47 Å². The maximum absolute atomic E-state index is 10.7. The second-order valence-corrected chi connectivity index (χ2v) is 4.91. The Bertz CT molecular complexity index is 868. The van der Waals surface area contributed by atoms with E-state index in [1.807, 2.05) is 13.8 Å². The van der Waals surface area contributed by atoms with Gasteiger partial charge in [-0.3, -0.25) is 10.1 Å². The zero-order valence-electron chi connectivity index (χ0n) is 14.0. The Labute approximate surface area is 146 Å². The van der Waals surface area contributed by atoms with Crippen molar-refractivity contribution in [3.05, 3.63) is 63.2 Å². The first-order chi connectivity index (χ1) is 12.1. The fourth-order valence-electron chi connectivity index (χ4n) is 2.13. The second kappa shape index (κ2) is 8.42. The topological polar surface area (TPSA) is 61.6 Å². The summed E-state index contributed by atoms with van der Waals surface area (Å²) in [5, 5.41) is 10.7. The van der Waals surface area contributed by atoms with Crippen LogP contribution in [0.5, 0.6) is 11.5 Å². The summed E-state index contributed by atoms with van der Waals surface area (Å²) in [7, 11) is 0. The molecule has 126 valence electrons. The molecular formula is C20H17NO4. The van der Waals surface area contributed by atoms with Gasteiger partial charge in [0, 0.05) is 29.8 Å². The summed E-state index contributed by atoms with van der Waals surface area (Å²) in [6, 6.07) is 9.52. The molecule has 0 unspecified atom stereocenters. The number of hydrogen-bond donors (Lipinski definition) is 0. The number of ether oxygens (including phenoxy) is 2. The average molecular weight is 335 g/mol. The van der Waals surface area contributed by atoms with Gasteiger partial charge in [-0.1, -0.05) is 17.8 Å². The Kier molecular flexibility index (Phi) is 6.03. The van der Waals surface area contributed by atoms with Crippen LogP contribution in [0, 0.1) is 34.3 Å². The van der Waals surface area contributed by atoms with E-state index in [0.717, 1.165) is 0 Å². The van der Waals surface area contributed by atoms with E-state index >= 15 is 0 Å². The third-order valence-corrected chi connectivity index (χ3v) is 3.26. The zero-order chi connectivity index (χ0) is 18.2. The first-order valence-electron chi connectivity index (χ1n) is 7.75. The van der Waals surface area contributed by atoms with Gasteiger partial charge in [0.05, 0.1) is 29.3 Å². The number of non-ortho nitro benzene ring substituents is 1. The summed E-state index contributed by atoms with van der Waals surface area (Å²) in [5.74, 6) is 9.72. The molecule has 0 radical (unpaired) electrons. The highest BCUT2D eigenvalue weighted by atomic mass is 16.6. The highest BCUT2D eigenvalue weighted by molar-refractivity contribution is 5.59. The molecule has 25 heavy (non-hydrogen) atoms. The van der Waals surface area contributed by atoms with Gasteiger partial charge in [0.15, 0.2) is 0 Å². The second-order valence-electron chi connectivity index (χ2n) is 4.91. The highest BCUT2D eigenvalue weighted by Gasteiger charge is 2.09. The van der Waals surface area contributed by atoms with Crippen LogP contribution in [0.25, 0.3) is 0 Å². The molecule has 0 fully saturated rings. The molecule has 0 spiro atoms. The van der Waals surface area contributed by atoms with Crippen molar-refractivity contribution in [1.82, 2.24) is 0 Å². The first kappa shape index (κ1) is 17.9. The van der Waals surface area contributed by atoms with Crippen molar-refractivity contribution >= 4 is 5.69 Å². The molecule has 0 atom stereocenters. The summed E-state index contributed by atoms with van der Waals surface area (Å²) < 4.78 is 11.2. The van der Waals surface area contributed by atoms with Gasteiger partial charge >= 0.3 is 0 Å². The minimum Gasteiger partial charge on any atom is -0.493 e. The quantitative estimate of drug-likeness (QED) is 0.474. The van der Waals surface area contributed by atoms with E-state index in [2.05, 4.69) is 17.8 Å². The standard InChI is InChI=1S/C20H17NO4/c1-4-16-13-20(25-6-3)17(14-19(16)24-5-2)10-7-15-8-11-18(12-9-15)21(22)23/h1,8-9,11-14H,5-6H2,2-3H3. The lowest BCUT2D eigenvalue weighted by Gasteiger charge is -2.11. The van der Waals surface area contributed by atoms with E-state index in [0.29, 0.717) is 41.4 Å². The molecule has 0 N–H and O–H groups in total. The van der Waals surface area contributed by atoms with Crippen molar-refractivity contribution in [1.29, 1.82) is 0 Å². The van der Waals surface area contributed by atoms with Crippen molar-refractivity contribution in [2.24, 2.45) is 0 Å². The van der Waals surface area contributed by atoms with Crippen LogP contribution in [0.15, 0.2) is 36.4 Å². The number of rotatable bonds is 5. The van der Waals surface area contributed by atoms with Crippen LogP contribution >= 0.6 is 0 Å². The summed E-state index contributed by atoms with van der Waals surface area (Å²) >= 11 is 0. The zero-order valence-corrected chi connectivity index (χ0v) is 14.0. The molecular weight excluding hydrogens is 318 g/mol. The van der Waals surface area contributed by atoms with Gasteiger partial charge in [0.25, 0.3) is 5.69 Å². The van der Waals surface area contributed by atoms with E-state index in [9.17, 15) is 10.1 Å². The number of nitro benzene ring substituents is 1. The highest BCUT2D eigenvalue weighted by Crippen LogP contribution is 2.28. The number of nitrogens with zero attached hydrogens (tertiary/aromatic N) is 1. The predicted molar refractivity (Wildman–Crippen MR) is 95.8 cm³/mol. The SMILES string of the molecule is C#Cc1cc(OCC)c(C#Cc2ccc([N+](=O)[O-])cc2)cc1OCC. The fraction of sp³-hybridized carbons (Fsp3) is 0.200. The molecule has 0 aliphatic heterocycles. The lowest BCUT2D eigenvalue weighted by Crippen LogP contribution is -1.99. The molecule has 2 rings (SSSR count).